The third kappa shape index (κ3) is 3.81. The molecule has 7 nitrogen and oxygen atoms in total. The highest BCUT2D eigenvalue weighted by atomic mass is 32.2. The Morgan fingerprint density at radius 3 is 2.56 bits per heavy atom. The summed E-state index contributed by atoms with van der Waals surface area (Å²) in [7, 11) is -3.57. The second-order valence-electron chi connectivity index (χ2n) is 5.38. The number of aliphatic hydroxyl groups excluding tert-OH is 1. The van der Waals surface area contributed by atoms with Crippen LogP contribution < -0.4 is 14.9 Å². The smallest absolute Gasteiger partial charge is 0.229 e. The lowest BCUT2D eigenvalue weighted by molar-refractivity contribution is 0.277. The van der Waals surface area contributed by atoms with Crippen LogP contribution in [-0.4, -0.2) is 19.8 Å². The van der Waals surface area contributed by atoms with E-state index in [1.54, 1.807) is 24.3 Å². The Balaban J connectivity index is 2.20. The first kappa shape index (κ1) is 17.0. The topological polar surface area (TPSA) is 106 Å². The summed E-state index contributed by atoms with van der Waals surface area (Å²) in [5, 5.41) is 9.38. The lowest BCUT2D eigenvalue weighted by Gasteiger charge is -2.13. The Kier molecular flexibility index (Phi) is 4.47. The van der Waals surface area contributed by atoms with Gasteiger partial charge in [0.05, 0.1) is 29.5 Å². The van der Waals surface area contributed by atoms with Crippen molar-refractivity contribution < 1.29 is 22.7 Å². The number of sulfonamides is 1. The number of anilines is 1. The number of rotatable bonds is 5. The molecular weight excluding hydrogens is 346 g/mol. The van der Waals surface area contributed by atoms with E-state index >= 15 is 0 Å². The fourth-order valence-corrected chi connectivity index (χ4v) is 2.84. The molecule has 0 saturated heterocycles. The maximum absolute atomic E-state index is 12.3. The first-order chi connectivity index (χ1) is 11.9. The van der Waals surface area contributed by atoms with Gasteiger partial charge in [0.2, 0.25) is 10.0 Å². The molecule has 8 heteroatoms. The lowest BCUT2D eigenvalue weighted by Crippen LogP contribution is -2.12. The highest BCUT2D eigenvalue weighted by Gasteiger charge is 2.15. The van der Waals surface area contributed by atoms with Crippen molar-refractivity contribution in [3.05, 3.63) is 64.5 Å². The molecule has 1 aromatic heterocycles. The zero-order valence-electron chi connectivity index (χ0n) is 13.2. The van der Waals surface area contributed by atoms with Gasteiger partial charge in [0.1, 0.15) is 17.6 Å². The van der Waals surface area contributed by atoms with Crippen LogP contribution in [0.25, 0.3) is 11.0 Å². The van der Waals surface area contributed by atoms with Crippen molar-refractivity contribution >= 4 is 26.7 Å². The van der Waals surface area contributed by atoms with E-state index in [0.29, 0.717) is 5.75 Å². The predicted octanol–water partition coefficient (Wildman–Crippen LogP) is 2.45. The number of benzene rings is 2. The molecule has 0 radical (unpaired) electrons. The van der Waals surface area contributed by atoms with E-state index in [2.05, 4.69) is 4.72 Å². The second kappa shape index (κ2) is 6.58. The molecule has 3 aromatic rings. The van der Waals surface area contributed by atoms with Gasteiger partial charge >= 0.3 is 0 Å². The molecule has 0 atom stereocenters. The number of nitrogens with one attached hydrogen (secondary N) is 1. The number of ether oxygens (including phenoxy) is 1. The largest absolute Gasteiger partial charge is 0.464 e. The molecule has 3 rings (SSSR count). The van der Waals surface area contributed by atoms with Crippen LogP contribution in [0.15, 0.2) is 57.9 Å². The fourth-order valence-electron chi connectivity index (χ4n) is 2.28. The van der Waals surface area contributed by atoms with E-state index in [0.717, 1.165) is 12.5 Å². The Labute approximate surface area is 143 Å². The normalized spacial score (nSPS) is 11.4. The van der Waals surface area contributed by atoms with Crippen LogP contribution >= 0.6 is 0 Å². The summed E-state index contributed by atoms with van der Waals surface area (Å²) in [5.41, 5.74) is 0.00191. The van der Waals surface area contributed by atoms with E-state index < -0.39 is 22.1 Å². The number of hydrogen-bond donors (Lipinski definition) is 2. The number of fused-ring (bicyclic) bond motifs is 1. The molecule has 0 saturated carbocycles. The Morgan fingerprint density at radius 1 is 1.20 bits per heavy atom. The van der Waals surface area contributed by atoms with Crippen LogP contribution in [0.3, 0.4) is 0 Å². The summed E-state index contributed by atoms with van der Waals surface area (Å²) in [4.78, 5) is 12.3. The Morgan fingerprint density at radius 2 is 1.92 bits per heavy atom. The maximum Gasteiger partial charge on any atom is 0.229 e. The monoisotopic (exact) mass is 361 g/mol. The SMILES string of the molecule is CS(=O)(=O)Nc1cc2occ(CO)c(=O)c2cc1Oc1ccccc1. The van der Waals surface area contributed by atoms with Gasteiger partial charge in [-0.2, -0.15) is 0 Å². The van der Waals surface area contributed by atoms with Gasteiger partial charge in [-0.3, -0.25) is 9.52 Å². The number of para-hydroxylation sites is 1. The predicted molar refractivity (Wildman–Crippen MR) is 93.4 cm³/mol. The Bertz CT molecular complexity index is 1070. The van der Waals surface area contributed by atoms with Crippen molar-refractivity contribution in [2.75, 3.05) is 11.0 Å². The summed E-state index contributed by atoms with van der Waals surface area (Å²) >= 11 is 0. The molecule has 130 valence electrons. The zero-order valence-corrected chi connectivity index (χ0v) is 14.0. The van der Waals surface area contributed by atoms with E-state index in [1.807, 2.05) is 6.07 Å². The van der Waals surface area contributed by atoms with Crippen LogP contribution in [0.2, 0.25) is 0 Å². The van der Waals surface area contributed by atoms with Crippen LogP contribution in [0, 0.1) is 0 Å². The minimum atomic E-state index is -3.57. The highest BCUT2D eigenvalue weighted by Crippen LogP contribution is 2.33. The molecule has 2 aromatic carbocycles. The van der Waals surface area contributed by atoms with Crippen molar-refractivity contribution in [2.24, 2.45) is 0 Å². The van der Waals surface area contributed by atoms with E-state index in [1.165, 1.54) is 12.1 Å². The van der Waals surface area contributed by atoms with Gasteiger partial charge in [-0.25, -0.2) is 8.42 Å². The lowest BCUT2D eigenvalue weighted by atomic mass is 10.1. The standard InChI is InChI=1S/C17H15NO6S/c1-25(21,22)18-14-8-15-13(17(20)11(9-19)10-23-15)7-16(14)24-12-5-3-2-4-6-12/h2-8,10,18-19H,9H2,1H3. The highest BCUT2D eigenvalue weighted by molar-refractivity contribution is 7.92. The van der Waals surface area contributed by atoms with Crippen LogP contribution in [0.4, 0.5) is 5.69 Å². The summed E-state index contributed by atoms with van der Waals surface area (Å²) in [6, 6.07) is 11.5. The quantitative estimate of drug-likeness (QED) is 0.723. The summed E-state index contributed by atoms with van der Waals surface area (Å²) in [6.07, 6.45) is 2.15. The zero-order chi connectivity index (χ0) is 18.0. The van der Waals surface area contributed by atoms with Crippen molar-refractivity contribution in [1.82, 2.24) is 0 Å². The summed E-state index contributed by atoms with van der Waals surface area (Å²) in [6.45, 7) is -0.462. The van der Waals surface area contributed by atoms with Gasteiger partial charge in [0.15, 0.2) is 11.2 Å². The first-order valence-electron chi connectivity index (χ1n) is 7.27. The molecule has 0 bridgehead atoms. The second-order valence-corrected chi connectivity index (χ2v) is 7.13. The summed E-state index contributed by atoms with van der Waals surface area (Å²) in [5.74, 6) is 0.618. The molecule has 0 aliphatic carbocycles. The minimum Gasteiger partial charge on any atom is -0.464 e. The third-order valence-electron chi connectivity index (χ3n) is 3.38. The third-order valence-corrected chi connectivity index (χ3v) is 3.97. The molecule has 0 aliphatic heterocycles. The van der Waals surface area contributed by atoms with E-state index in [9.17, 15) is 18.3 Å². The van der Waals surface area contributed by atoms with Crippen LogP contribution in [0.1, 0.15) is 5.56 Å². The molecule has 0 spiro atoms. The molecule has 0 fully saturated rings. The van der Waals surface area contributed by atoms with E-state index in [-0.39, 0.29) is 28.0 Å². The molecule has 0 amide bonds. The van der Waals surface area contributed by atoms with Gasteiger partial charge in [0, 0.05) is 6.07 Å². The van der Waals surface area contributed by atoms with Gasteiger partial charge in [-0.1, -0.05) is 18.2 Å². The van der Waals surface area contributed by atoms with Crippen molar-refractivity contribution in [3.63, 3.8) is 0 Å². The van der Waals surface area contributed by atoms with Gasteiger partial charge in [-0.15, -0.1) is 0 Å². The van der Waals surface area contributed by atoms with Gasteiger partial charge in [0.25, 0.3) is 0 Å². The Hall–Kier alpha value is -2.84. The molecule has 2 N–H and O–H groups in total. The fraction of sp³-hybridized carbons (Fsp3) is 0.118. The van der Waals surface area contributed by atoms with Crippen LogP contribution in [-0.2, 0) is 16.6 Å². The number of aliphatic hydroxyl groups is 1. The maximum atomic E-state index is 12.3. The van der Waals surface area contributed by atoms with Gasteiger partial charge in [-0.05, 0) is 18.2 Å². The molecular formula is C17H15NO6S. The van der Waals surface area contributed by atoms with Gasteiger partial charge < -0.3 is 14.3 Å². The average Bonchev–Trinajstić information content (AvgIpc) is 2.56. The van der Waals surface area contributed by atoms with Crippen molar-refractivity contribution in [2.45, 2.75) is 6.61 Å². The van der Waals surface area contributed by atoms with E-state index in [4.69, 9.17) is 9.15 Å². The first-order valence-corrected chi connectivity index (χ1v) is 9.16. The average molecular weight is 361 g/mol. The van der Waals surface area contributed by atoms with Crippen LogP contribution in [0.5, 0.6) is 11.5 Å². The molecule has 25 heavy (non-hydrogen) atoms. The molecule has 0 aliphatic rings. The number of hydrogen-bond acceptors (Lipinski definition) is 6. The molecule has 0 unspecified atom stereocenters. The minimum absolute atomic E-state index is 0.0991. The van der Waals surface area contributed by atoms with Crippen molar-refractivity contribution in [3.8, 4) is 11.5 Å². The van der Waals surface area contributed by atoms with Crippen molar-refractivity contribution in [1.29, 1.82) is 0 Å². The summed E-state index contributed by atoms with van der Waals surface area (Å²) < 4.78 is 36.6. The molecule has 1 heterocycles.